The lowest BCUT2D eigenvalue weighted by Crippen LogP contribution is -2.35. The second-order valence-electron chi connectivity index (χ2n) is 6.47. The molecular formula is C17H24N2O. The van der Waals surface area contributed by atoms with Gasteiger partial charge in [0, 0.05) is 11.6 Å². The summed E-state index contributed by atoms with van der Waals surface area (Å²) in [5, 5.41) is 3.10. The van der Waals surface area contributed by atoms with Crippen molar-refractivity contribution >= 4 is 11.6 Å². The van der Waals surface area contributed by atoms with Gasteiger partial charge in [0.25, 0.3) is 0 Å². The van der Waals surface area contributed by atoms with E-state index < -0.39 is 0 Å². The van der Waals surface area contributed by atoms with Crippen molar-refractivity contribution in [3.8, 4) is 0 Å². The summed E-state index contributed by atoms with van der Waals surface area (Å²) in [5.41, 5.74) is 3.66. The summed E-state index contributed by atoms with van der Waals surface area (Å²) in [7, 11) is 2.18. The molecule has 2 heterocycles. The van der Waals surface area contributed by atoms with E-state index in [2.05, 4.69) is 30.3 Å². The van der Waals surface area contributed by atoms with Crippen LogP contribution in [0.5, 0.6) is 0 Å². The fourth-order valence-corrected chi connectivity index (χ4v) is 3.55. The Morgan fingerprint density at radius 2 is 2.05 bits per heavy atom. The Morgan fingerprint density at radius 3 is 2.80 bits per heavy atom. The molecule has 108 valence electrons. The number of carbonyl (C=O) groups excluding carboxylic acids is 1. The number of aryl methyl sites for hydroxylation is 1. The van der Waals surface area contributed by atoms with E-state index in [0.29, 0.717) is 5.92 Å². The number of hydrogen-bond donors (Lipinski definition) is 1. The Kier molecular flexibility index (Phi) is 3.79. The number of nitrogens with one attached hydrogen (secondary N) is 1. The number of piperidine rings is 1. The van der Waals surface area contributed by atoms with Gasteiger partial charge < -0.3 is 10.2 Å². The number of nitrogens with zero attached hydrogens (tertiary/aromatic N) is 1. The first-order valence-corrected chi connectivity index (χ1v) is 7.71. The van der Waals surface area contributed by atoms with Crippen LogP contribution < -0.4 is 5.32 Å². The molecule has 0 aliphatic carbocycles. The van der Waals surface area contributed by atoms with Crippen molar-refractivity contribution in [2.24, 2.45) is 11.8 Å². The molecule has 20 heavy (non-hydrogen) atoms. The predicted octanol–water partition coefficient (Wildman–Crippen LogP) is 2.84. The number of likely N-dealkylation sites (tertiary alicyclic amines) is 1. The van der Waals surface area contributed by atoms with E-state index in [1.54, 1.807) is 0 Å². The van der Waals surface area contributed by atoms with Crippen LogP contribution in [-0.4, -0.2) is 30.9 Å². The minimum absolute atomic E-state index is 0.164. The predicted molar refractivity (Wildman–Crippen MR) is 81.8 cm³/mol. The van der Waals surface area contributed by atoms with E-state index in [1.165, 1.54) is 37.1 Å². The van der Waals surface area contributed by atoms with Gasteiger partial charge in [-0.3, -0.25) is 4.79 Å². The van der Waals surface area contributed by atoms with Gasteiger partial charge in [0.05, 0.1) is 0 Å². The minimum atomic E-state index is 0.164. The van der Waals surface area contributed by atoms with Crippen LogP contribution in [0.3, 0.4) is 0 Å². The highest BCUT2D eigenvalue weighted by Gasteiger charge is 2.30. The van der Waals surface area contributed by atoms with Gasteiger partial charge in [-0.2, -0.15) is 0 Å². The molecule has 1 amide bonds. The number of rotatable bonds is 2. The first kappa shape index (κ1) is 13.6. The topological polar surface area (TPSA) is 32.3 Å². The van der Waals surface area contributed by atoms with Crippen LogP contribution >= 0.6 is 0 Å². The van der Waals surface area contributed by atoms with Crippen molar-refractivity contribution in [1.29, 1.82) is 0 Å². The maximum Gasteiger partial charge on any atom is 0.227 e. The van der Waals surface area contributed by atoms with Crippen LogP contribution in [0.1, 0.15) is 30.4 Å². The van der Waals surface area contributed by atoms with Crippen LogP contribution in [0.2, 0.25) is 0 Å². The molecule has 1 fully saturated rings. The Bertz CT molecular complexity index is 504. The van der Waals surface area contributed by atoms with E-state index in [-0.39, 0.29) is 11.8 Å². The molecule has 3 rings (SSSR count). The highest BCUT2D eigenvalue weighted by Crippen LogP contribution is 2.33. The molecule has 0 aromatic heterocycles. The fraction of sp³-hybridized carbons (Fsp3) is 0.588. The third kappa shape index (κ3) is 2.73. The molecule has 2 aliphatic heterocycles. The highest BCUT2D eigenvalue weighted by atomic mass is 16.1. The van der Waals surface area contributed by atoms with E-state index in [4.69, 9.17) is 0 Å². The van der Waals surface area contributed by atoms with Crippen LogP contribution in [0.4, 0.5) is 5.69 Å². The van der Waals surface area contributed by atoms with Gasteiger partial charge in [-0.1, -0.05) is 12.1 Å². The summed E-state index contributed by atoms with van der Waals surface area (Å²) in [6, 6.07) is 6.18. The summed E-state index contributed by atoms with van der Waals surface area (Å²) in [6.45, 7) is 4.49. The van der Waals surface area contributed by atoms with Crippen molar-refractivity contribution in [1.82, 2.24) is 4.90 Å². The van der Waals surface area contributed by atoms with E-state index in [1.807, 2.05) is 12.1 Å². The second-order valence-corrected chi connectivity index (χ2v) is 6.47. The number of fused-ring (bicyclic) bond motifs is 1. The Labute approximate surface area is 121 Å². The van der Waals surface area contributed by atoms with Crippen LogP contribution in [0, 0.1) is 18.8 Å². The maximum atomic E-state index is 12.3. The molecule has 3 nitrogen and oxygen atoms in total. The molecule has 0 spiro atoms. The quantitative estimate of drug-likeness (QED) is 0.898. The average Bonchev–Trinajstić information content (AvgIpc) is 2.43. The normalized spacial score (nSPS) is 24.3. The number of carbonyl (C=O) groups is 1. The third-order valence-corrected chi connectivity index (χ3v) is 4.95. The summed E-state index contributed by atoms with van der Waals surface area (Å²) in [6.07, 6.45) is 4.44. The molecule has 1 N–H and O–H groups in total. The third-order valence-electron chi connectivity index (χ3n) is 4.95. The molecule has 0 radical (unpaired) electrons. The smallest absolute Gasteiger partial charge is 0.227 e. The maximum absolute atomic E-state index is 12.3. The van der Waals surface area contributed by atoms with Crippen molar-refractivity contribution < 1.29 is 4.79 Å². The molecule has 1 aromatic carbocycles. The first-order valence-electron chi connectivity index (χ1n) is 7.71. The van der Waals surface area contributed by atoms with E-state index in [9.17, 15) is 4.79 Å². The molecule has 1 atom stereocenters. The SMILES string of the molecule is Cc1cccc2c1CC(CC1CCN(C)CC1)C(=O)N2. The summed E-state index contributed by atoms with van der Waals surface area (Å²) >= 11 is 0. The van der Waals surface area contributed by atoms with Gasteiger partial charge in [0.15, 0.2) is 0 Å². The standard InChI is InChI=1S/C17H24N2O/c1-12-4-3-5-16-15(12)11-14(17(20)18-16)10-13-6-8-19(2)9-7-13/h3-5,13-14H,6-11H2,1-2H3,(H,18,20). The number of hydrogen-bond acceptors (Lipinski definition) is 2. The summed E-state index contributed by atoms with van der Waals surface area (Å²) in [5.74, 6) is 1.10. The van der Waals surface area contributed by atoms with Gasteiger partial charge in [-0.05, 0) is 75.9 Å². The fourth-order valence-electron chi connectivity index (χ4n) is 3.55. The van der Waals surface area contributed by atoms with Crippen LogP contribution in [0.25, 0.3) is 0 Å². The van der Waals surface area contributed by atoms with Gasteiger partial charge in [-0.15, -0.1) is 0 Å². The zero-order valence-electron chi connectivity index (χ0n) is 12.5. The molecular weight excluding hydrogens is 248 g/mol. The number of anilines is 1. The van der Waals surface area contributed by atoms with Gasteiger partial charge in [0.2, 0.25) is 5.91 Å². The van der Waals surface area contributed by atoms with Gasteiger partial charge >= 0.3 is 0 Å². The number of benzene rings is 1. The minimum Gasteiger partial charge on any atom is -0.326 e. The Morgan fingerprint density at radius 1 is 1.30 bits per heavy atom. The highest BCUT2D eigenvalue weighted by molar-refractivity contribution is 5.96. The molecule has 0 bridgehead atoms. The zero-order valence-corrected chi connectivity index (χ0v) is 12.5. The lowest BCUT2D eigenvalue weighted by molar-refractivity contribution is -0.120. The Hall–Kier alpha value is -1.35. The monoisotopic (exact) mass is 272 g/mol. The lowest BCUT2D eigenvalue weighted by Gasteiger charge is -2.33. The van der Waals surface area contributed by atoms with E-state index in [0.717, 1.165) is 18.5 Å². The van der Waals surface area contributed by atoms with Crippen molar-refractivity contribution in [3.63, 3.8) is 0 Å². The molecule has 1 aromatic rings. The van der Waals surface area contributed by atoms with Gasteiger partial charge in [-0.25, -0.2) is 0 Å². The van der Waals surface area contributed by atoms with Crippen molar-refractivity contribution in [3.05, 3.63) is 29.3 Å². The molecule has 3 heteroatoms. The second kappa shape index (κ2) is 5.57. The average molecular weight is 272 g/mol. The first-order chi connectivity index (χ1) is 9.63. The van der Waals surface area contributed by atoms with Gasteiger partial charge in [0.1, 0.15) is 0 Å². The Balaban J connectivity index is 1.69. The molecule has 1 unspecified atom stereocenters. The molecule has 2 aliphatic rings. The summed E-state index contributed by atoms with van der Waals surface area (Å²) < 4.78 is 0. The van der Waals surface area contributed by atoms with Crippen molar-refractivity contribution in [2.45, 2.75) is 32.6 Å². The van der Waals surface area contributed by atoms with Crippen LogP contribution in [-0.2, 0) is 11.2 Å². The number of amides is 1. The largest absolute Gasteiger partial charge is 0.326 e. The van der Waals surface area contributed by atoms with Crippen molar-refractivity contribution in [2.75, 3.05) is 25.5 Å². The molecule has 1 saturated heterocycles. The lowest BCUT2D eigenvalue weighted by atomic mass is 9.81. The summed E-state index contributed by atoms with van der Waals surface area (Å²) in [4.78, 5) is 14.7. The van der Waals surface area contributed by atoms with E-state index >= 15 is 0 Å². The van der Waals surface area contributed by atoms with Crippen LogP contribution in [0.15, 0.2) is 18.2 Å². The molecule has 0 saturated carbocycles. The zero-order chi connectivity index (χ0) is 14.1.